The van der Waals surface area contributed by atoms with Gasteiger partial charge in [0.05, 0.1) is 11.6 Å². The lowest BCUT2D eigenvalue weighted by Crippen LogP contribution is -2.13. The monoisotopic (exact) mass is 185 g/mol. The summed E-state index contributed by atoms with van der Waals surface area (Å²) in [6.45, 7) is 1.94. The van der Waals surface area contributed by atoms with Crippen molar-refractivity contribution in [3.63, 3.8) is 0 Å². The van der Waals surface area contributed by atoms with Gasteiger partial charge in [0, 0.05) is 12.8 Å². The van der Waals surface area contributed by atoms with E-state index in [2.05, 4.69) is 6.07 Å². The number of carbonyl (C=O) groups excluding carboxylic acids is 1. The molecule has 2 heteroatoms. The van der Waals surface area contributed by atoms with E-state index in [1.165, 1.54) is 5.56 Å². The average Bonchev–Trinajstić information content (AvgIpc) is 2.17. The fourth-order valence-corrected chi connectivity index (χ4v) is 1.91. The van der Waals surface area contributed by atoms with Crippen LogP contribution in [0.3, 0.4) is 0 Å². The lowest BCUT2D eigenvalue weighted by atomic mass is 9.88. The third-order valence-corrected chi connectivity index (χ3v) is 2.73. The quantitative estimate of drug-likeness (QED) is 0.619. The predicted octanol–water partition coefficient (Wildman–Crippen LogP) is 1.92. The van der Waals surface area contributed by atoms with Gasteiger partial charge in [-0.15, -0.1) is 0 Å². The second-order valence-corrected chi connectivity index (χ2v) is 3.76. The minimum Gasteiger partial charge on any atom is -0.299 e. The normalized spacial score (nSPS) is 14.7. The van der Waals surface area contributed by atoms with Crippen LogP contribution in [0.15, 0.2) is 12.1 Å². The highest BCUT2D eigenvalue weighted by Crippen LogP contribution is 2.22. The number of carbonyl (C=O) groups is 1. The molecule has 0 atom stereocenters. The molecule has 1 aromatic rings. The summed E-state index contributed by atoms with van der Waals surface area (Å²) in [6.07, 6.45) is 1.99. The van der Waals surface area contributed by atoms with Gasteiger partial charge in [-0.1, -0.05) is 6.07 Å². The Balaban J connectivity index is 2.52. The molecular weight excluding hydrogens is 174 g/mol. The van der Waals surface area contributed by atoms with Gasteiger partial charge < -0.3 is 0 Å². The molecule has 0 N–H and O–H groups in total. The third kappa shape index (κ3) is 1.42. The van der Waals surface area contributed by atoms with E-state index in [1.54, 1.807) is 0 Å². The molecule has 0 bridgehead atoms. The Labute approximate surface area is 83.2 Å². The largest absolute Gasteiger partial charge is 0.299 e. The Morgan fingerprint density at radius 1 is 1.29 bits per heavy atom. The number of ketones is 1. The minimum atomic E-state index is 0.283. The minimum absolute atomic E-state index is 0.283. The van der Waals surface area contributed by atoms with Crippen molar-refractivity contribution in [1.29, 1.82) is 5.26 Å². The number of nitrogens with zero attached hydrogens (tertiary/aromatic N) is 1. The standard InChI is InChI=1S/C12H11NO/c1-8-4-9-2-3-12(14)6-10(9)5-11(8)7-13/h4-5H,2-3,6H2,1H3. The first-order chi connectivity index (χ1) is 6.70. The maximum Gasteiger partial charge on any atom is 0.137 e. The van der Waals surface area contributed by atoms with E-state index in [-0.39, 0.29) is 5.78 Å². The van der Waals surface area contributed by atoms with Crippen molar-refractivity contribution in [1.82, 2.24) is 0 Å². The Kier molecular flexibility index (Phi) is 2.09. The van der Waals surface area contributed by atoms with Crippen molar-refractivity contribution in [3.8, 4) is 6.07 Å². The van der Waals surface area contributed by atoms with E-state index in [0.29, 0.717) is 18.4 Å². The summed E-state index contributed by atoms with van der Waals surface area (Å²) >= 11 is 0. The molecule has 0 aliphatic heterocycles. The third-order valence-electron chi connectivity index (χ3n) is 2.73. The zero-order chi connectivity index (χ0) is 10.1. The number of hydrogen-bond acceptors (Lipinski definition) is 2. The molecule has 0 radical (unpaired) electrons. The first kappa shape index (κ1) is 8.96. The van der Waals surface area contributed by atoms with Gasteiger partial charge in [-0.2, -0.15) is 5.26 Å². The van der Waals surface area contributed by atoms with E-state index in [4.69, 9.17) is 5.26 Å². The number of hydrogen-bond donors (Lipinski definition) is 0. The summed E-state index contributed by atoms with van der Waals surface area (Å²) in [6, 6.07) is 6.05. The molecule has 70 valence electrons. The van der Waals surface area contributed by atoms with Crippen LogP contribution < -0.4 is 0 Å². The lowest BCUT2D eigenvalue weighted by Gasteiger charge is -2.15. The predicted molar refractivity (Wildman–Crippen MR) is 52.9 cm³/mol. The molecule has 0 aromatic heterocycles. The van der Waals surface area contributed by atoms with Crippen LogP contribution in [0.25, 0.3) is 0 Å². The molecule has 0 heterocycles. The van der Waals surface area contributed by atoms with Crippen molar-refractivity contribution in [2.45, 2.75) is 26.2 Å². The topological polar surface area (TPSA) is 40.9 Å². The number of benzene rings is 1. The summed E-state index contributed by atoms with van der Waals surface area (Å²) in [4.78, 5) is 11.2. The Morgan fingerprint density at radius 2 is 2.07 bits per heavy atom. The summed E-state index contributed by atoms with van der Waals surface area (Å²) in [5.74, 6) is 0.283. The van der Waals surface area contributed by atoms with Crippen LogP contribution >= 0.6 is 0 Å². The summed E-state index contributed by atoms with van der Waals surface area (Å²) in [5, 5.41) is 8.85. The molecule has 0 unspecified atom stereocenters. The van der Waals surface area contributed by atoms with Crippen LogP contribution in [0.2, 0.25) is 0 Å². The number of Topliss-reactive ketones (excluding diaryl/α,β-unsaturated/α-hetero) is 1. The summed E-state index contributed by atoms with van der Waals surface area (Å²) in [7, 11) is 0. The Bertz CT molecular complexity index is 440. The highest BCUT2D eigenvalue weighted by molar-refractivity contribution is 5.83. The number of fused-ring (bicyclic) bond motifs is 1. The van der Waals surface area contributed by atoms with Crippen molar-refractivity contribution in [2.75, 3.05) is 0 Å². The maximum absolute atomic E-state index is 11.2. The van der Waals surface area contributed by atoms with Crippen LogP contribution in [-0.2, 0) is 17.6 Å². The van der Waals surface area contributed by atoms with Crippen LogP contribution in [0.1, 0.15) is 28.7 Å². The van der Waals surface area contributed by atoms with Crippen molar-refractivity contribution < 1.29 is 4.79 Å². The van der Waals surface area contributed by atoms with Crippen molar-refractivity contribution >= 4 is 5.78 Å². The molecular formula is C12H11NO. The first-order valence-corrected chi connectivity index (χ1v) is 4.75. The van der Waals surface area contributed by atoms with E-state index in [9.17, 15) is 4.79 Å². The molecule has 0 spiro atoms. The highest BCUT2D eigenvalue weighted by Gasteiger charge is 2.16. The Morgan fingerprint density at radius 3 is 2.79 bits per heavy atom. The van der Waals surface area contributed by atoms with Gasteiger partial charge in [0.1, 0.15) is 5.78 Å². The van der Waals surface area contributed by atoms with Crippen LogP contribution in [0.4, 0.5) is 0 Å². The molecule has 0 amide bonds. The van der Waals surface area contributed by atoms with E-state index in [1.807, 2.05) is 19.1 Å². The van der Waals surface area contributed by atoms with Crippen molar-refractivity contribution in [2.24, 2.45) is 0 Å². The van der Waals surface area contributed by atoms with E-state index >= 15 is 0 Å². The SMILES string of the molecule is Cc1cc2c(cc1C#N)CC(=O)CC2. The number of nitriles is 1. The van der Waals surface area contributed by atoms with Gasteiger partial charge in [-0.3, -0.25) is 4.79 Å². The highest BCUT2D eigenvalue weighted by atomic mass is 16.1. The maximum atomic E-state index is 11.2. The number of aryl methyl sites for hydroxylation is 2. The number of rotatable bonds is 0. The van der Waals surface area contributed by atoms with Crippen LogP contribution in [-0.4, -0.2) is 5.78 Å². The average molecular weight is 185 g/mol. The second kappa shape index (κ2) is 3.26. The van der Waals surface area contributed by atoms with E-state index in [0.717, 1.165) is 17.5 Å². The molecule has 2 rings (SSSR count). The molecule has 1 aliphatic rings. The van der Waals surface area contributed by atoms with Gasteiger partial charge in [0.15, 0.2) is 0 Å². The van der Waals surface area contributed by atoms with Gasteiger partial charge in [0.2, 0.25) is 0 Å². The molecule has 14 heavy (non-hydrogen) atoms. The molecule has 1 aliphatic carbocycles. The van der Waals surface area contributed by atoms with E-state index < -0.39 is 0 Å². The molecule has 0 saturated carbocycles. The zero-order valence-corrected chi connectivity index (χ0v) is 8.13. The lowest BCUT2D eigenvalue weighted by molar-refractivity contribution is -0.118. The smallest absolute Gasteiger partial charge is 0.137 e. The summed E-state index contributed by atoms with van der Waals surface area (Å²) in [5.41, 5.74) is 3.99. The molecule has 0 fully saturated rings. The van der Waals surface area contributed by atoms with Gasteiger partial charge >= 0.3 is 0 Å². The molecule has 0 saturated heterocycles. The zero-order valence-electron chi connectivity index (χ0n) is 8.13. The fourth-order valence-electron chi connectivity index (χ4n) is 1.91. The van der Waals surface area contributed by atoms with Crippen molar-refractivity contribution in [3.05, 3.63) is 34.4 Å². The molecule has 1 aromatic carbocycles. The second-order valence-electron chi connectivity index (χ2n) is 3.76. The first-order valence-electron chi connectivity index (χ1n) is 4.75. The Hall–Kier alpha value is -1.62. The van der Waals surface area contributed by atoms with Gasteiger partial charge in [0.25, 0.3) is 0 Å². The molecule has 2 nitrogen and oxygen atoms in total. The van der Waals surface area contributed by atoms with Gasteiger partial charge in [-0.25, -0.2) is 0 Å². The van der Waals surface area contributed by atoms with Crippen LogP contribution in [0, 0.1) is 18.3 Å². The van der Waals surface area contributed by atoms with Gasteiger partial charge in [-0.05, 0) is 36.1 Å². The fraction of sp³-hybridized carbons (Fsp3) is 0.333. The van der Waals surface area contributed by atoms with Crippen LogP contribution in [0.5, 0.6) is 0 Å². The summed E-state index contributed by atoms with van der Waals surface area (Å²) < 4.78 is 0.